The van der Waals surface area contributed by atoms with Gasteiger partial charge in [0.2, 0.25) is 0 Å². The maximum absolute atomic E-state index is 11.5. The lowest BCUT2D eigenvalue weighted by molar-refractivity contribution is 0.564. The van der Waals surface area contributed by atoms with E-state index in [-0.39, 0.29) is 11.6 Å². The molecule has 1 atom stereocenters. The first-order valence-corrected chi connectivity index (χ1v) is 6.81. The number of hydrogen-bond acceptors (Lipinski definition) is 3. The molecule has 0 radical (unpaired) electrons. The van der Waals surface area contributed by atoms with Crippen molar-refractivity contribution < 1.29 is 0 Å². The SMILES string of the molecule is Cc1nc(-c2cnn(C(C)c3ccccc3)c2)cc(=O)[nH]1. The quantitative estimate of drug-likeness (QED) is 0.802. The zero-order valence-corrected chi connectivity index (χ0v) is 11.9. The second-order valence-corrected chi connectivity index (χ2v) is 5.01. The van der Waals surface area contributed by atoms with Gasteiger partial charge in [0.1, 0.15) is 5.82 Å². The van der Waals surface area contributed by atoms with Crippen LogP contribution in [0, 0.1) is 6.92 Å². The van der Waals surface area contributed by atoms with Gasteiger partial charge in [-0.25, -0.2) is 4.98 Å². The standard InChI is InChI=1S/C16H16N4O/c1-11(13-6-4-3-5-7-13)20-10-14(9-17-20)15-8-16(21)19-12(2)18-15/h3-11H,1-2H3,(H,18,19,21). The van der Waals surface area contributed by atoms with Gasteiger partial charge in [-0.2, -0.15) is 5.10 Å². The number of nitrogens with one attached hydrogen (secondary N) is 1. The fourth-order valence-electron chi connectivity index (χ4n) is 2.29. The highest BCUT2D eigenvalue weighted by molar-refractivity contribution is 5.56. The van der Waals surface area contributed by atoms with E-state index in [2.05, 4.69) is 34.1 Å². The number of nitrogens with zero attached hydrogens (tertiary/aromatic N) is 3. The summed E-state index contributed by atoms with van der Waals surface area (Å²) in [6.45, 7) is 3.85. The van der Waals surface area contributed by atoms with Gasteiger partial charge in [0.15, 0.2) is 0 Å². The van der Waals surface area contributed by atoms with Crippen LogP contribution >= 0.6 is 0 Å². The summed E-state index contributed by atoms with van der Waals surface area (Å²) in [4.78, 5) is 18.5. The second-order valence-electron chi connectivity index (χ2n) is 5.01. The van der Waals surface area contributed by atoms with E-state index in [1.54, 1.807) is 13.1 Å². The molecule has 106 valence electrons. The second kappa shape index (κ2) is 5.36. The fourth-order valence-corrected chi connectivity index (χ4v) is 2.29. The van der Waals surface area contributed by atoms with Gasteiger partial charge in [0.25, 0.3) is 5.56 Å². The molecule has 2 aromatic heterocycles. The number of aromatic nitrogens is 4. The van der Waals surface area contributed by atoms with E-state index < -0.39 is 0 Å². The van der Waals surface area contributed by atoms with E-state index in [9.17, 15) is 4.79 Å². The van der Waals surface area contributed by atoms with Gasteiger partial charge in [-0.1, -0.05) is 30.3 Å². The molecule has 3 aromatic rings. The third-order valence-electron chi connectivity index (χ3n) is 3.44. The zero-order valence-electron chi connectivity index (χ0n) is 11.9. The molecule has 21 heavy (non-hydrogen) atoms. The summed E-state index contributed by atoms with van der Waals surface area (Å²) in [6, 6.07) is 11.8. The third kappa shape index (κ3) is 2.76. The van der Waals surface area contributed by atoms with Gasteiger partial charge < -0.3 is 4.98 Å². The Labute approximate surface area is 122 Å². The van der Waals surface area contributed by atoms with E-state index in [1.165, 1.54) is 11.6 Å². The molecule has 5 nitrogen and oxygen atoms in total. The van der Waals surface area contributed by atoms with Gasteiger partial charge in [0, 0.05) is 17.8 Å². The minimum absolute atomic E-state index is 0.128. The molecule has 1 aromatic carbocycles. The summed E-state index contributed by atoms with van der Waals surface area (Å²) in [5.41, 5.74) is 2.51. The molecule has 0 aliphatic rings. The highest BCUT2D eigenvalue weighted by Crippen LogP contribution is 2.20. The average Bonchev–Trinajstić information content (AvgIpc) is 2.96. The molecule has 0 bridgehead atoms. The molecule has 0 fully saturated rings. The maximum Gasteiger partial charge on any atom is 0.251 e. The van der Waals surface area contributed by atoms with Crippen LogP contribution in [0.2, 0.25) is 0 Å². The molecule has 0 saturated carbocycles. The number of aromatic amines is 1. The van der Waals surface area contributed by atoms with Crippen molar-refractivity contribution in [2.75, 3.05) is 0 Å². The molecule has 1 N–H and O–H groups in total. The van der Waals surface area contributed by atoms with Crippen LogP contribution in [0.3, 0.4) is 0 Å². The lowest BCUT2D eigenvalue weighted by Crippen LogP contribution is -2.08. The number of aryl methyl sites for hydroxylation is 1. The molecular weight excluding hydrogens is 264 g/mol. The molecule has 3 rings (SSSR count). The monoisotopic (exact) mass is 280 g/mol. The number of benzene rings is 1. The molecule has 0 saturated heterocycles. The van der Waals surface area contributed by atoms with E-state index >= 15 is 0 Å². The summed E-state index contributed by atoms with van der Waals surface area (Å²) in [5, 5.41) is 4.39. The van der Waals surface area contributed by atoms with Crippen LogP contribution in [-0.4, -0.2) is 19.7 Å². The predicted molar refractivity (Wildman–Crippen MR) is 81.1 cm³/mol. The van der Waals surface area contributed by atoms with Crippen LogP contribution in [0.1, 0.15) is 24.4 Å². The topological polar surface area (TPSA) is 63.6 Å². The van der Waals surface area contributed by atoms with Crippen LogP contribution in [0.25, 0.3) is 11.3 Å². The van der Waals surface area contributed by atoms with Crippen LogP contribution in [0.5, 0.6) is 0 Å². The summed E-state index contributed by atoms with van der Waals surface area (Å²) >= 11 is 0. The van der Waals surface area contributed by atoms with Crippen molar-refractivity contribution in [3.05, 3.63) is 70.5 Å². The highest BCUT2D eigenvalue weighted by Gasteiger charge is 2.11. The molecule has 0 amide bonds. The van der Waals surface area contributed by atoms with Crippen LogP contribution in [0.15, 0.2) is 53.6 Å². The summed E-state index contributed by atoms with van der Waals surface area (Å²) < 4.78 is 1.88. The van der Waals surface area contributed by atoms with Crippen LogP contribution in [0.4, 0.5) is 0 Å². The Morgan fingerprint density at radius 1 is 1.24 bits per heavy atom. The van der Waals surface area contributed by atoms with Crippen molar-refractivity contribution in [2.45, 2.75) is 19.9 Å². The Morgan fingerprint density at radius 2 is 2.00 bits per heavy atom. The van der Waals surface area contributed by atoms with E-state index in [0.29, 0.717) is 11.5 Å². The first-order chi connectivity index (χ1) is 10.1. The van der Waals surface area contributed by atoms with Crippen molar-refractivity contribution in [3.8, 4) is 11.3 Å². The lowest BCUT2D eigenvalue weighted by Gasteiger charge is -2.12. The van der Waals surface area contributed by atoms with Crippen LogP contribution in [-0.2, 0) is 0 Å². The van der Waals surface area contributed by atoms with Crippen molar-refractivity contribution in [1.29, 1.82) is 0 Å². The van der Waals surface area contributed by atoms with Gasteiger partial charge in [-0.15, -0.1) is 0 Å². The molecular formula is C16H16N4O. The molecule has 0 aliphatic carbocycles. The Hall–Kier alpha value is -2.69. The summed E-state index contributed by atoms with van der Waals surface area (Å²) in [7, 11) is 0. The summed E-state index contributed by atoms with van der Waals surface area (Å²) in [5.74, 6) is 0.598. The van der Waals surface area contributed by atoms with Crippen LogP contribution < -0.4 is 5.56 Å². The normalized spacial score (nSPS) is 12.3. The minimum Gasteiger partial charge on any atom is -0.311 e. The fraction of sp³-hybridized carbons (Fsp3) is 0.188. The van der Waals surface area contributed by atoms with Crippen molar-refractivity contribution in [2.24, 2.45) is 0 Å². The lowest BCUT2D eigenvalue weighted by atomic mass is 10.1. The maximum atomic E-state index is 11.5. The molecule has 0 spiro atoms. The Balaban J connectivity index is 1.95. The smallest absolute Gasteiger partial charge is 0.251 e. The first kappa shape index (κ1) is 13.3. The predicted octanol–water partition coefficient (Wildman–Crippen LogP) is 2.55. The largest absolute Gasteiger partial charge is 0.311 e. The zero-order chi connectivity index (χ0) is 14.8. The Morgan fingerprint density at radius 3 is 2.71 bits per heavy atom. The van der Waals surface area contributed by atoms with Gasteiger partial charge in [-0.3, -0.25) is 9.48 Å². The number of rotatable bonds is 3. The Kier molecular flexibility index (Phi) is 3.39. The van der Waals surface area contributed by atoms with Gasteiger partial charge >= 0.3 is 0 Å². The van der Waals surface area contributed by atoms with E-state index in [0.717, 1.165) is 5.56 Å². The minimum atomic E-state index is -0.152. The van der Waals surface area contributed by atoms with Crippen molar-refractivity contribution >= 4 is 0 Å². The first-order valence-electron chi connectivity index (χ1n) is 6.81. The molecule has 0 aliphatic heterocycles. The van der Waals surface area contributed by atoms with E-state index in [1.807, 2.05) is 29.1 Å². The molecule has 2 heterocycles. The molecule has 5 heteroatoms. The van der Waals surface area contributed by atoms with Crippen molar-refractivity contribution in [3.63, 3.8) is 0 Å². The summed E-state index contributed by atoms with van der Waals surface area (Å²) in [6.07, 6.45) is 3.65. The van der Waals surface area contributed by atoms with E-state index in [4.69, 9.17) is 0 Å². The van der Waals surface area contributed by atoms with Gasteiger partial charge in [-0.05, 0) is 19.4 Å². The van der Waals surface area contributed by atoms with Crippen molar-refractivity contribution in [1.82, 2.24) is 19.7 Å². The Bertz CT molecular complexity index is 804. The third-order valence-corrected chi connectivity index (χ3v) is 3.44. The number of H-pyrrole nitrogens is 1. The average molecular weight is 280 g/mol. The van der Waals surface area contributed by atoms with Gasteiger partial charge in [0.05, 0.1) is 17.9 Å². The number of hydrogen-bond donors (Lipinski definition) is 1. The molecule has 1 unspecified atom stereocenters. The highest BCUT2D eigenvalue weighted by atomic mass is 16.1.